The van der Waals surface area contributed by atoms with Crippen LogP contribution in [0.25, 0.3) is 0 Å². The average Bonchev–Trinajstić information content (AvgIpc) is 2.57. The number of amides is 1. The van der Waals surface area contributed by atoms with Crippen LogP contribution in [0, 0.1) is 11.8 Å². The van der Waals surface area contributed by atoms with Gasteiger partial charge in [-0.25, -0.2) is 4.79 Å². The molecule has 0 radical (unpaired) electrons. The molecular formula is C19H27NO3. The second-order valence-corrected chi connectivity index (χ2v) is 7.17. The Morgan fingerprint density at radius 3 is 2.70 bits per heavy atom. The van der Waals surface area contributed by atoms with E-state index in [1.165, 1.54) is 19.3 Å². The molecule has 3 rings (SSSR count). The molecule has 2 atom stereocenters. The third-order valence-electron chi connectivity index (χ3n) is 4.78. The summed E-state index contributed by atoms with van der Waals surface area (Å²) < 4.78 is 11.1. The summed E-state index contributed by atoms with van der Waals surface area (Å²) in [4.78, 5) is 14.1. The SMILES string of the molecule is CC(C)COc1ccc(CN2C(=O)OC[C@H]3CCCC[C@H]32)cc1. The molecule has 2 aliphatic rings. The molecule has 1 aromatic rings. The number of benzene rings is 1. The Bertz CT molecular complexity index is 526. The summed E-state index contributed by atoms with van der Waals surface area (Å²) in [5, 5.41) is 0. The van der Waals surface area contributed by atoms with Crippen molar-refractivity contribution in [3.8, 4) is 5.75 Å². The number of rotatable bonds is 5. The number of fused-ring (bicyclic) bond motifs is 1. The second-order valence-electron chi connectivity index (χ2n) is 7.17. The van der Waals surface area contributed by atoms with Gasteiger partial charge >= 0.3 is 6.09 Å². The van der Waals surface area contributed by atoms with Crippen LogP contribution >= 0.6 is 0 Å². The van der Waals surface area contributed by atoms with Gasteiger partial charge in [0.05, 0.1) is 13.2 Å². The zero-order valence-electron chi connectivity index (χ0n) is 14.2. The van der Waals surface area contributed by atoms with Crippen molar-refractivity contribution in [1.29, 1.82) is 0 Å². The normalized spacial score (nSPS) is 24.3. The van der Waals surface area contributed by atoms with Crippen LogP contribution in [0.4, 0.5) is 4.79 Å². The zero-order chi connectivity index (χ0) is 16.2. The largest absolute Gasteiger partial charge is 0.493 e. The lowest BCUT2D eigenvalue weighted by Crippen LogP contribution is -2.51. The lowest BCUT2D eigenvalue weighted by Gasteiger charge is -2.43. The van der Waals surface area contributed by atoms with Crippen LogP contribution in [0.5, 0.6) is 5.75 Å². The fraction of sp³-hybridized carbons (Fsp3) is 0.632. The first-order valence-corrected chi connectivity index (χ1v) is 8.78. The van der Waals surface area contributed by atoms with Gasteiger partial charge in [0.15, 0.2) is 0 Å². The predicted octanol–water partition coefficient (Wildman–Crippen LogP) is 4.23. The molecule has 1 saturated heterocycles. The van der Waals surface area contributed by atoms with Crippen LogP contribution < -0.4 is 4.74 Å². The Balaban J connectivity index is 1.64. The van der Waals surface area contributed by atoms with Crippen molar-refractivity contribution in [2.75, 3.05) is 13.2 Å². The number of carbonyl (C=O) groups is 1. The highest BCUT2D eigenvalue weighted by Crippen LogP contribution is 2.33. The summed E-state index contributed by atoms with van der Waals surface area (Å²) in [7, 11) is 0. The van der Waals surface area contributed by atoms with E-state index in [0.29, 0.717) is 31.0 Å². The van der Waals surface area contributed by atoms with Gasteiger partial charge in [-0.15, -0.1) is 0 Å². The molecule has 2 fully saturated rings. The van der Waals surface area contributed by atoms with Gasteiger partial charge in [0.25, 0.3) is 0 Å². The smallest absolute Gasteiger partial charge is 0.410 e. The molecule has 0 bridgehead atoms. The van der Waals surface area contributed by atoms with Crippen molar-refractivity contribution < 1.29 is 14.3 Å². The maximum Gasteiger partial charge on any atom is 0.410 e. The van der Waals surface area contributed by atoms with E-state index in [0.717, 1.165) is 24.3 Å². The number of nitrogens with zero attached hydrogens (tertiary/aromatic N) is 1. The van der Waals surface area contributed by atoms with Gasteiger partial charge < -0.3 is 14.4 Å². The number of ether oxygens (including phenoxy) is 2. The number of cyclic esters (lactones) is 1. The average molecular weight is 317 g/mol. The van der Waals surface area contributed by atoms with E-state index in [2.05, 4.69) is 26.0 Å². The molecule has 0 spiro atoms. The van der Waals surface area contributed by atoms with Crippen molar-refractivity contribution in [1.82, 2.24) is 4.90 Å². The van der Waals surface area contributed by atoms with E-state index in [1.54, 1.807) is 0 Å². The fourth-order valence-electron chi connectivity index (χ4n) is 3.52. The maximum absolute atomic E-state index is 12.2. The van der Waals surface area contributed by atoms with E-state index >= 15 is 0 Å². The molecule has 1 aliphatic heterocycles. The second kappa shape index (κ2) is 7.24. The van der Waals surface area contributed by atoms with Gasteiger partial charge in [-0.3, -0.25) is 0 Å². The van der Waals surface area contributed by atoms with Gasteiger partial charge in [-0.2, -0.15) is 0 Å². The Hall–Kier alpha value is -1.71. The summed E-state index contributed by atoms with van der Waals surface area (Å²) in [6.07, 6.45) is 4.60. The summed E-state index contributed by atoms with van der Waals surface area (Å²) in [5.41, 5.74) is 1.13. The van der Waals surface area contributed by atoms with Gasteiger partial charge in [-0.1, -0.05) is 38.8 Å². The van der Waals surface area contributed by atoms with E-state index in [1.807, 2.05) is 17.0 Å². The summed E-state index contributed by atoms with van der Waals surface area (Å²) in [5.74, 6) is 1.91. The van der Waals surface area contributed by atoms with Gasteiger partial charge in [0.2, 0.25) is 0 Å². The highest BCUT2D eigenvalue weighted by atomic mass is 16.6. The van der Waals surface area contributed by atoms with Crippen LogP contribution in [0.2, 0.25) is 0 Å². The third-order valence-corrected chi connectivity index (χ3v) is 4.78. The molecule has 1 heterocycles. The van der Waals surface area contributed by atoms with Crippen molar-refractivity contribution in [2.45, 2.75) is 52.1 Å². The number of hydrogen-bond donors (Lipinski definition) is 0. The van der Waals surface area contributed by atoms with Crippen molar-refractivity contribution >= 4 is 6.09 Å². The number of hydrogen-bond acceptors (Lipinski definition) is 3. The molecular weight excluding hydrogens is 290 g/mol. The lowest BCUT2D eigenvalue weighted by atomic mass is 9.83. The quantitative estimate of drug-likeness (QED) is 0.815. The Morgan fingerprint density at radius 2 is 1.96 bits per heavy atom. The van der Waals surface area contributed by atoms with Crippen molar-refractivity contribution in [3.63, 3.8) is 0 Å². The monoisotopic (exact) mass is 317 g/mol. The minimum absolute atomic E-state index is 0.159. The highest BCUT2D eigenvalue weighted by molar-refractivity contribution is 5.69. The summed E-state index contributed by atoms with van der Waals surface area (Å²) >= 11 is 0. The Morgan fingerprint density at radius 1 is 1.22 bits per heavy atom. The molecule has 4 nitrogen and oxygen atoms in total. The fourth-order valence-corrected chi connectivity index (χ4v) is 3.52. The van der Waals surface area contributed by atoms with Crippen LogP contribution in [0.15, 0.2) is 24.3 Å². The first-order chi connectivity index (χ1) is 11.1. The van der Waals surface area contributed by atoms with Crippen LogP contribution in [-0.4, -0.2) is 30.2 Å². The lowest BCUT2D eigenvalue weighted by molar-refractivity contribution is -0.0121. The van der Waals surface area contributed by atoms with Crippen molar-refractivity contribution in [3.05, 3.63) is 29.8 Å². The predicted molar refractivity (Wildman–Crippen MR) is 89.4 cm³/mol. The van der Waals surface area contributed by atoms with Crippen molar-refractivity contribution in [2.24, 2.45) is 11.8 Å². The molecule has 1 aromatic carbocycles. The van der Waals surface area contributed by atoms with E-state index in [4.69, 9.17) is 9.47 Å². The van der Waals surface area contributed by atoms with Crippen LogP contribution in [0.3, 0.4) is 0 Å². The summed E-state index contributed by atoms with van der Waals surface area (Å²) in [6, 6.07) is 8.43. The molecule has 23 heavy (non-hydrogen) atoms. The van der Waals surface area contributed by atoms with E-state index in [-0.39, 0.29) is 6.09 Å². The van der Waals surface area contributed by atoms with Gasteiger partial charge in [0, 0.05) is 18.5 Å². The van der Waals surface area contributed by atoms with Gasteiger partial charge in [-0.05, 0) is 36.5 Å². The molecule has 1 saturated carbocycles. The molecule has 126 valence electrons. The number of carbonyl (C=O) groups excluding carboxylic acids is 1. The first kappa shape index (κ1) is 16.2. The highest BCUT2D eigenvalue weighted by Gasteiger charge is 2.38. The molecule has 1 amide bonds. The Labute approximate surface area is 138 Å². The van der Waals surface area contributed by atoms with Crippen LogP contribution in [0.1, 0.15) is 45.1 Å². The standard InChI is InChI=1S/C19H27NO3/c1-14(2)12-22-17-9-7-15(8-10-17)11-20-18-6-4-3-5-16(18)13-23-19(20)21/h7-10,14,16,18H,3-6,11-13H2,1-2H3/t16-,18-/m1/s1. The minimum Gasteiger partial charge on any atom is -0.493 e. The molecule has 0 aromatic heterocycles. The molecule has 0 unspecified atom stereocenters. The molecule has 1 aliphatic carbocycles. The Kier molecular flexibility index (Phi) is 5.09. The minimum atomic E-state index is -0.159. The van der Waals surface area contributed by atoms with E-state index in [9.17, 15) is 4.79 Å². The zero-order valence-corrected chi connectivity index (χ0v) is 14.2. The molecule has 4 heteroatoms. The van der Waals surface area contributed by atoms with E-state index < -0.39 is 0 Å². The summed E-state index contributed by atoms with van der Waals surface area (Å²) in [6.45, 7) is 6.22. The topological polar surface area (TPSA) is 38.8 Å². The maximum atomic E-state index is 12.2. The van der Waals surface area contributed by atoms with Crippen LogP contribution in [-0.2, 0) is 11.3 Å². The first-order valence-electron chi connectivity index (χ1n) is 8.78. The third kappa shape index (κ3) is 3.98. The molecule has 0 N–H and O–H groups in total. The van der Waals surface area contributed by atoms with Gasteiger partial charge in [0.1, 0.15) is 5.75 Å².